The van der Waals surface area contributed by atoms with Crippen LogP contribution in [0.2, 0.25) is 0 Å². The summed E-state index contributed by atoms with van der Waals surface area (Å²) in [5, 5.41) is 9.19. The quantitative estimate of drug-likeness (QED) is 0.762. The number of likely N-dealkylation sites (N-methyl/N-ethyl adjacent to an activating group) is 1. The normalized spacial score (nSPS) is 23.8. The number of pyridine rings is 1. The van der Waals surface area contributed by atoms with Crippen molar-refractivity contribution in [2.45, 2.75) is 25.3 Å². The Morgan fingerprint density at radius 3 is 2.48 bits per heavy atom. The zero-order valence-corrected chi connectivity index (χ0v) is 17.8. The van der Waals surface area contributed by atoms with Gasteiger partial charge in [-0.2, -0.15) is 0 Å². The minimum Gasteiger partial charge on any atom is -0.481 e. The lowest BCUT2D eigenvalue weighted by Crippen LogP contribution is -2.57. The maximum atomic E-state index is 13.0. The maximum Gasteiger partial charge on any atom is 0.303 e. The molecule has 2 aliphatic rings. The Balaban J connectivity index is 1.68. The molecule has 2 saturated heterocycles. The fourth-order valence-corrected chi connectivity index (χ4v) is 4.39. The monoisotopic (exact) mass is 403 g/mol. The van der Waals surface area contributed by atoms with Crippen molar-refractivity contribution in [3.8, 4) is 0 Å². The number of anilines is 1. The van der Waals surface area contributed by atoms with Gasteiger partial charge in [-0.1, -0.05) is 0 Å². The van der Waals surface area contributed by atoms with E-state index >= 15 is 0 Å². The number of piperazine rings is 1. The summed E-state index contributed by atoms with van der Waals surface area (Å²) in [6, 6.07) is 4.02. The number of carbonyl (C=O) groups is 2. The summed E-state index contributed by atoms with van der Waals surface area (Å²) in [4.78, 5) is 37.2. The smallest absolute Gasteiger partial charge is 0.303 e. The predicted octanol–water partition coefficient (Wildman–Crippen LogP) is 1.09. The van der Waals surface area contributed by atoms with Crippen molar-refractivity contribution in [1.29, 1.82) is 0 Å². The Kier molecular flexibility index (Phi) is 7.08. The van der Waals surface area contributed by atoms with Gasteiger partial charge in [-0.3, -0.25) is 14.5 Å². The number of likely N-dealkylation sites (tertiary alicyclic amines) is 1. The molecule has 2 fully saturated rings. The highest BCUT2D eigenvalue weighted by atomic mass is 16.4. The van der Waals surface area contributed by atoms with Crippen molar-refractivity contribution in [2.24, 2.45) is 5.92 Å². The third kappa shape index (κ3) is 5.45. The number of rotatable bonds is 6. The molecule has 160 valence electrons. The molecule has 1 amide bonds. The molecular formula is C21H33N5O3. The van der Waals surface area contributed by atoms with E-state index in [0.717, 1.165) is 38.4 Å². The largest absolute Gasteiger partial charge is 0.481 e. The number of carbonyl (C=O) groups excluding carboxylic acids is 1. The lowest BCUT2D eigenvalue weighted by molar-refractivity contribution is -0.137. The van der Waals surface area contributed by atoms with Crippen LogP contribution in [0, 0.1) is 5.92 Å². The summed E-state index contributed by atoms with van der Waals surface area (Å²) >= 11 is 0. The van der Waals surface area contributed by atoms with Crippen LogP contribution in [0.1, 0.15) is 29.6 Å². The van der Waals surface area contributed by atoms with Gasteiger partial charge in [0, 0.05) is 72.0 Å². The average molecular weight is 404 g/mol. The molecule has 0 aliphatic carbocycles. The van der Waals surface area contributed by atoms with Gasteiger partial charge >= 0.3 is 5.97 Å². The first-order valence-electron chi connectivity index (χ1n) is 10.4. The van der Waals surface area contributed by atoms with Crippen LogP contribution in [0.3, 0.4) is 0 Å². The van der Waals surface area contributed by atoms with E-state index in [9.17, 15) is 14.7 Å². The average Bonchev–Trinajstić information content (AvgIpc) is 2.72. The third-order valence-corrected chi connectivity index (χ3v) is 6.17. The Labute approximate surface area is 173 Å². The number of hydrogen-bond donors (Lipinski definition) is 1. The highest BCUT2D eigenvalue weighted by Crippen LogP contribution is 2.28. The molecule has 1 aromatic rings. The molecule has 0 bridgehead atoms. The van der Waals surface area contributed by atoms with Crippen LogP contribution < -0.4 is 4.90 Å². The highest BCUT2D eigenvalue weighted by molar-refractivity contribution is 5.94. The third-order valence-electron chi connectivity index (χ3n) is 6.17. The molecule has 0 radical (unpaired) electrons. The van der Waals surface area contributed by atoms with E-state index in [1.54, 1.807) is 6.20 Å². The van der Waals surface area contributed by atoms with Crippen molar-refractivity contribution in [1.82, 2.24) is 19.7 Å². The summed E-state index contributed by atoms with van der Waals surface area (Å²) in [6.07, 6.45) is 3.28. The first-order chi connectivity index (χ1) is 13.8. The van der Waals surface area contributed by atoms with Gasteiger partial charge in [0.25, 0.3) is 5.91 Å². The molecule has 3 heterocycles. The number of aromatic nitrogens is 1. The van der Waals surface area contributed by atoms with E-state index in [0.29, 0.717) is 31.1 Å². The molecule has 0 saturated carbocycles. The predicted molar refractivity (Wildman–Crippen MR) is 112 cm³/mol. The van der Waals surface area contributed by atoms with Crippen molar-refractivity contribution in [3.05, 3.63) is 23.9 Å². The summed E-state index contributed by atoms with van der Waals surface area (Å²) in [6.45, 7) is 5.40. The number of aliphatic carboxylic acids is 1. The van der Waals surface area contributed by atoms with Crippen LogP contribution in [0.15, 0.2) is 18.3 Å². The van der Waals surface area contributed by atoms with Crippen LogP contribution in [0.4, 0.5) is 5.82 Å². The highest BCUT2D eigenvalue weighted by Gasteiger charge is 2.36. The fourth-order valence-electron chi connectivity index (χ4n) is 4.39. The second kappa shape index (κ2) is 9.54. The van der Waals surface area contributed by atoms with Gasteiger partial charge in [0.05, 0.1) is 5.56 Å². The van der Waals surface area contributed by atoms with Gasteiger partial charge in [0.15, 0.2) is 0 Å². The standard InChI is InChI=1S/C21H33N5O3/c1-23(2)19-6-4-16(14-22-19)21(29)26-9-8-18(17(15-26)5-7-20(27)28)25-12-10-24(3)11-13-25/h4,6,14,17-18H,5,7-13,15H2,1-3H3,(H,27,28)/t17-,18+/m1/s1. The van der Waals surface area contributed by atoms with Gasteiger partial charge in [-0.15, -0.1) is 0 Å². The lowest BCUT2D eigenvalue weighted by atomic mass is 9.86. The number of carboxylic acid groups (broad SMARTS) is 1. The fraction of sp³-hybridized carbons (Fsp3) is 0.667. The van der Waals surface area contributed by atoms with Gasteiger partial charge in [0.1, 0.15) is 5.82 Å². The summed E-state index contributed by atoms with van der Waals surface area (Å²) in [5.74, 6) is 0.213. The van der Waals surface area contributed by atoms with Crippen molar-refractivity contribution >= 4 is 17.7 Å². The maximum absolute atomic E-state index is 13.0. The summed E-state index contributed by atoms with van der Waals surface area (Å²) < 4.78 is 0. The molecule has 0 unspecified atom stereocenters. The summed E-state index contributed by atoms with van der Waals surface area (Å²) in [5.41, 5.74) is 0.589. The Bertz CT molecular complexity index is 701. The van der Waals surface area contributed by atoms with Crippen LogP contribution in [-0.2, 0) is 4.79 Å². The molecule has 2 aliphatic heterocycles. The van der Waals surface area contributed by atoms with Crippen LogP contribution >= 0.6 is 0 Å². The number of hydrogen-bond acceptors (Lipinski definition) is 6. The lowest BCUT2D eigenvalue weighted by Gasteiger charge is -2.46. The second-order valence-electron chi connectivity index (χ2n) is 8.44. The molecule has 8 nitrogen and oxygen atoms in total. The zero-order valence-electron chi connectivity index (χ0n) is 17.8. The van der Waals surface area contributed by atoms with E-state index in [1.807, 2.05) is 36.0 Å². The van der Waals surface area contributed by atoms with Gasteiger partial charge in [-0.25, -0.2) is 4.98 Å². The van der Waals surface area contributed by atoms with Crippen molar-refractivity contribution in [3.63, 3.8) is 0 Å². The molecular weight excluding hydrogens is 370 g/mol. The molecule has 2 atom stereocenters. The molecule has 29 heavy (non-hydrogen) atoms. The number of amides is 1. The van der Waals surface area contributed by atoms with Crippen LogP contribution in [0.5, 0.6) is 0 Å². The number of carboxylic acids is 1. The Hall–Kier alpha value is -2.19. The molecule has 1 N–H and O–H groups in total. The molecule has 0 spiro atoms. The van der Waals surface area contributed by atoms with E-state index in [2.05, 4.69) is 21.8 Å². The van der Waals surface area contributed by atoms with E-state index < -0.39 is 5.97 Å². The molecule has 8 heteroatoms. The van der Waals surface area contributed by atoms with Gasteiger partial charge in [-0.05, 0) is 37.9 Å². The first-order valence-corrected chi connectivity index (χ1v) is 10.4. The van der Waals surface area contributed by atoms with Crippen LogP contribution in [-0.4, -0.2) is 103 Å². The van der Waals surface area contributed by atoms with Crippen LogP contribution in [0.25, 0.3) is 0 Å². The van der Waals surface area contributed by atoms with Gasteiger partial charge < -0.3 is 19.8 Å². The minimum atomic E-state index is -0.769. The van der Waals surface area contributed by atoms with Gasteiger partial charge in [0.2, 0.25) is 0 Å². The number of nitrogens with zero attached hydrogens (tertiary/aromatic N) is 5. The Morgan fingerprint density at radius 2 is 1.90 bits per heavy atom. The number of piperidine rings is 1. The van der Waals surface area contributed by atoms with E-state index in [-0.39, 0.29) is 18.2 Å². The molecule has 0 aromatic carbocycles. The topological polar surface area (TPSA) is 80.2 Å². The second-order valence-corrected chi connectivity index (χ2v) is 8.44. The van der Waals surface area contributed by atoms with Crippen molar-refractivity contribution < 1.29 is 14.7 Å². The SMILES string of the molecule is CN1CCN([C@H]2CCN(C(=O)c3ccc(N(C)C)nc3)C[C@H]2CCC(=O)O)CC1. The Morgan fingerprint density at radius 1 is 1.17 bits per heavy atom. The molecule has 1 aromatic heterocycles. The van der Waals surface area contributed by atoms with E-state index in [4.69, 9.17) is 0 Å². The summed E-state index contributed by atoms with van der Waals surface area (Å²) in [7, 11) is 5.97. The minimum absolute atomic E-state index is 0.0139. The molecule has 3 rings (SSSR count). The van der Waals surface area contributed by atoms with Crippen molar-refractivity contribution in [2.75, 3.05) is 65.3 Å². The zero-order chi connectivity index (χ0) is 21.0. The first kappa shape index (κ1) is 21.5. The van der Waals surface area contributed by atoms with E-state index in [1.165, 1.54) is 0 Å².